The summed E-state index contributed by atoms with van der Waals surface area (Å²) in [5, 5.41) is 2.91. The maximum atomic E-state index is 13.5. The summed E-state index contributed by atoms with van der Waals surface area (Å²) in [6, 6.07) is 8.76. The number of hydrogen-bond donors (Lipinski definition) is 1. The number of carbonyl (C=O) groups is 2. The van der Waals surface area contributed by atoms with Crippen LogP contribution in [0.2, 0.25) is 5.02 Å². The van der Waals surface area contributed by atoms with Gasteiger partial charge in [-0.05, 0) is 42.8 Å². The third kappa shape index (κ3) is 4.45. The topological polar surface area (TPSA) is 64.6 Å². The molecule has 0 saturated heterocycles. The lowest BCUT2D eigenvalue weighted by molar-refractivity contribution is -0.119. The van der Waals surface area contributed by atoms with E-state index in [1.807, 2.05) is 6.92 Å². The van der Waals surface area contributed by atoms with Crippen LogP contribution < -0.4 is 10.1 Å². The zero-order valence-corrected chi connectivity index (χ0v) is 13.8. The van der Waals surface area contributed by atoms with Crippen LogP contribution in [0, 0.1) is 12.7 Å². The number of amides is 1. The van der Waals surface area contributed by atoms with Gasteiger partial charge in [0.25, 0.3) is 5.91 Å². The molecule has 0 fully saturated rings. The van der Waals surface area contributed by atoms with Crippen LogP contribution in [-0.4, -0.2) is 25.6 Å². The molecule has 126 valence electrons. The molecular formula is C17H15ClFNO4. The lowest BCUT2D eigenvalue weighted by Gasteiger charge is -2.09. The monoisotopic (exact) mass is 351 g/mol. The number of aryl methyl sites for hydroxylation is 1. The van der Waals surface area contributed by atoms with E-state index < -0.39 is 24.3 Å². The number of carbonyl (C=O) groups excluding carboxylic acids is 2. The fourth-order valence-electron chi connectivity index (χ4n) is 1.92. The van der Waals surface area contributed by atoms with E-state index in [2.05, 4.69) is 5.32 Å². The molecule has 1 N–H and O–H groups in total. The van der Waals surface area contributed by atoms with E-state index in [-0.39, 0.29) is 11.3 Å². The molecule has 2 aromatic rings. The van der Waals surface area contributed by atoms with Gasteiger partial charge in [-0.3, -0.25) is 4.79 Å². The van der Waals surface area contributed by atoms with Crippen molar-refractivity contribution in [1.29, 1.82) is 0 Å². The van der Waals surface area contributed by atoms with E-state index >= 15 is 0 Å². The second-order valence-corrected chi connectivity index (χ2v) is 5.36. The third-order valence-corrected chi connectivity index (χ3v) is 3.43. The first-order valence-corrected chi connectivity index (χ1v) is 7.35. The molecule has 0 heterocycles. The molecule has 0 aromatic heterocycles. The van der Waals surface area contributed by atoms with Crippen molar-refractivity contribution in [3.8, 4) is 5.75 Å². The van der Waals surface area contributed by atoms with Gasteiger partial charge in [-0.2, -0.15) is 0 Å². The Morgan fingerprint density at radius 3 is 2.58 bits per heavy atom. The predicted molar refractivity (Wildman–Crippen MR) is 88.1 cm³/mol. The molecule has 2 rings (SSSR count). The average Bonchev–Trinajstić information content (AvgIpc) is 2.55. The number of nitrogens with one attached hydrogen (secondary N) is 1. The molecule has 0 saturated carbocycles. The third-order valence-electron chi connectivity index (χ3n) is 3.12. The van der Waals surface area contributed by atoms with Crippen LogP contribution >= 0.6 is 11.6 Å². The van der Waals surface area contributed by atoms with E-state index in [9.17, 15) is 14.0 Å². The number of halogens is 2. The van der Waals surface area contributed by atoms with Crippen molar-refractivity contribution in [2.45, 2.75) is 6.92 Å². The number of rotatable bonds is 5. The minimum Gasteiger partial charge on any atom is -0.494 e. The molecular weight excluding hydrogens is 337 g/mol. The van der Waals surface area contributed by atoms with Gasteiger partial charge in [0.2, 0.25) is 0 Å². The van der Waals surface area contributed by atoms with Crippen molar-refractivity contribution in [3.05, 3.63) is 58.4 Å². The number of methoxy groups -OCH3 is 1. The maximum absolute atomic E-state index is 13.5. The highest BCUT2D eigenvalue weighted by molar-refractivity contribution is 6.33. The molecule has 2 aromatic carbocycles. The van der Waals surface area contributed by atoms with Gasteiger partial charge < -0.3 is 14.8 Å². The Bertz CT molecular complexity index is 779. The van der Waals surface area contributed by atoms with Crippen LogP contribution in [-0.2, 0) is 9.53 Å². The Kier molecular flexibility index (Phi) is 5.76. The van der Waals surface area contributed by atoms with Crippen molar-refractivity contribution in [2.75, 3.05) is 19.0 Å². The minimum absolute atomic E-state index is 0.0123. The van der Waals surface area contributed by atoms with Gasteiger partial charge in [0, 0.05) is 0 Å². The predicted octanol–water partition coefficient (Wildman–Crippen LogP) is 3.59. The Hall–Kier alpha value is -2.60. The summed E-state index contributed by atoms with van der Waals surface area (Å²) in [6.07, 6.45) is 0. The fraction of sp³-hybridized carbons (Fsp3) is 0.176. The quantitative estimate of drug-likeness (QED) is 0.836. The van der Waals surface area contributed by atoms with Crippen molar-refractivity contribution in [1.82, 2.24) is 0 Å². The highest BCUT2D eigenvalue weighted by Gasteiger charge is 2.14. The second kappa shape index (κ2) is 7.79. The molecule has 0 spiro atoms. The molecule has 5 nitrogen and oxygen atoms in total. The normalized spacial score (nSPS) is 10.2. The first kappa shape index (κ1) is 17.7. The van der Waals surface area contributed by atoms with Crippen molar-refractivity contribution >= 4 is 29.2 Å². The number of anilines is 1. The van der Waals surface area contributed by atoms with Crippen LogP contribution in [0.25, 0.3) is 0 Å². The lowest BCUT2D eigenvalue weighted by atomic mass is 10.2. The molecule has 0 aliphatic rings. The zero-order chi connectivity index (χ0) is 17.7. The zero-order valence-electron chi connectivity index (χ0n) is 13.1. The molecule has 0 bridgehead atoms. The van der Waals surface area contributed by atoms with Gasteiger partial charge in [0.05, 0.1) is 23.4 Å². The summed E-state index contributed by atoms with van der Waals surface area (Å²) in [7, 11) is 1.32. The SMILES string of the molecule is COc1ccc(C(=O)OCC(=O)Nc2ccc(C)cc2Cl)cc1F. The molecule has 0 aliphatic heterocycles. The van der Waals surface area contributed by atoms with Gasteiger partial charge in [-0.15, -0.1) is 0 Å². The van der Waals surface area contributed by atoms with E-state index in [0.29, 0.717) is 10.7 Å². The molecule has 0 radical (unpaired) electrons. The van der Waals surface area contributed by atoms with Crippen LogP contribution in [0.15, 0.2) is 36.4 Å². The summed E-state index contributed by atoms with van der Waals surface area (Å²) in [5.41, 5.74) is 1.35. The van der Waals surface area contributed by atoms with Crippen molar-refractivity contribution in [3.63, 3.8) is 0 Å². The number of hydrogen-bond acceptors (Lipinski definition) is 4. The van der Waals surface area contributed by atoms with Gasteiger partial charge in [0.15, 0.2) is 18.2 Å². The summed E-state index contributed by atoms with van der Waals surface area (Å²) < 4.78 is 23.2. The van der Waals surface area contributed by atoms with E-state index in [1.165, 1.54) is 19.2 Å². The lowest BCUT2D eigenvalue weighted by Crippen LogP contribution is -2.21. The number of ether oxygens (including phenoxy) is 2. The Morgan fingerprint density at radius 2 is 1.96 bits per heavy atom. The van der Waals surface area contributed by atoms with Gasteiger partial charge in [-0.1, -0.05) is 17.7 Å². The van der Waals surface area contributed by atoms with Gasteiger partial charge in [-0.25, -0.2) is 9.18 Å². The molecule has 24 heavy (non-hydrogen) atoms. The van der Waals surface area contributed by atoms with E-state index in [1.54, 1.807) is 18.2 Å². The summed E-state index contributed by atoms with van der Waals surface area (Å²) in [4.78, 5) is 23.6. The Morgan fingerprint density at radius 1 is 1.21 bits per heavy atom. The first-order chi connectivity index (χ1) is 11.4. The second-order valence-electron chi connectivity index (χ2n) is 4.96. The smallest absolute Gasteiger partial charge is 0.338 e. The average molecular weight is 352 g/mol. The van der Waals surface area contributed by atoms with Crippen LogP contribution in [0.3, 0.4) is 0 Å². The molecule has 0 unspecified atom stereocenters. The van der Waals surface area contributed by atoms with Gasteiger partial charge >= 0.3 is 5.97 Å². The standard InChI is InChI=1S/C17H15ClFNO4/c1-10-3-5-14(12(18)7-10)20-16(21)9-24-17(22)11-4-6-15(23-2)13(19)8-11/h3-8H,9H2,1-2H3,(H,20,21). The van der Waals surface area contributed by atoms with Crippen LogP contribution in [0.4, 0.5) is 10.1 Å². The number of benzene rings is 2. The summed E-state index contributed by atoms with van der Waals surface area (Å²) >= 11 is 6.00. The molecule has 0 atom stereocenters. The minimum atomic E-state index is -0.818. The van der Waals surface area contributed by atoms with E-state index in [0.717, 1.165) is 11.6 Å². The maximum Gasteiger partial charge on any atom is 0.338 e. The largest absolute Gasteiger partial charge is 0.494 e. The Balaban J connectivity index is 1.93. The van der Waals surface area contributed by atoms with Crippen molar-refractivity contribution in [2.24, 2.45) is 0 Å². The highest BCUT2D eigenvalue weighted by Crippen LogP contribution is 2.22. The fourth-order valence-corrected chi connectivity index (χ4v) is 2.20. The van der Waals surface area contributed by atoms with Crippen LogP contribution in [0.1, 0.15) is 15.9 Å². The summed E-state index contributed by atoms with van der Waals surface area (Å²) in [5.74, 6) is -2.05. The van der Waals surface area contributed by atoms with Gasteiger partial charge in [0.1, 0.15) is 0 Å². The van der Waals surface area contributed by atoms with E-state index in [4.69, 9.17) is 21.1 Å². The molecule has 0 aliphatic carbocycles. The first-order valence-electron chi connectivity index (χ1n) is 6.97. The molecule has 1 amide bonds. The van der Waals surface area contributed by atoms with Crippen LogP contribution in [0.5, 0.6) is 5.75 Å². The molecule has 7 heteroatoms. The highest BCUT2D eigenvalue weighted by atomic mass is 35.5. The van der Waals surface area contributed by atoms with Crippen molar-refractivity contribution < 1.29 is 23.5 Å². The summed E-state index contributed by atoms with van der Waals surface area (Å²) in [6.45, 7) is 1.35. The number of esters is 1. The Labute approximate surface area is 143 Å².